The van der Waals surface area contributed by atoms with Gasteiger partial charge in [0.1, 0.15) is 0 Å². The first-order chi connectivity index (χ1) is 0. The first-order valence-corrected chi connectivity index (χ1v) is 0. The van der Waals surface area contributed by atoms with Crippen molar-refractivity contribution in [2.45, 2.75) is 0 Å². The summed E-state index contributed by atoms with van der Waals surface area (Å²) >= 11 is 0. The van der Waals surface area contributed by atoms with Crippen molar-refractivity contribution in [1.82, 2.24) is 0 Å². The van der Waals surface area contributed by atoms with Crippen LogP contribution in [0.25, 0.3) is 0 Å². The summed E-state index contributed by atoms with van der Waals surface area (Å²) in [7, 11) is 0. The molecule has 0 saturated carbocycles. The van der Waals surface area contributed by atoms with Crippen molar-refractivity contribution in [2.24, 2.45) is 0 Å². The van der Waals surface area contributed by atoms with Crippen molar-refractivity contribution in [1.29, 1.82) is 0 Å². The summed E-state index contributed by atoms with van der Waals surface area (Å²) in [6.07, 6.45) is 0. The molecule has 0 unspecified atom stereocenters. The molecule has 0 N–H and O–H groups in total. The molecule has 0 radical (unpaired) electrons. The molecular weight excluding hydrogens is 330 g/mol. The molecule has 0 fully saturated rings. The van der Waals surface area contributed by atoms with E-state index >= 15 is 0 Å². The molecule has 0 aliphatic rings. The van der Waals surface area contributed by atoms with Crippen LogP contribution >= 0.6 is 99.3 Å². The normalized spacial score (nSPS) is 0. The van der Waals surface area contributed by atoms with Crippen LogP contribution in [0.15, 0.2) is 0 Å². The van der Waals surface area contributed by atoms with Crippen LogP contribution in [-0.4, -0.2) is 59.1 Å². The van der Waals surface area contributed by atoms with Crippen LogP contribution < -0.4 is 0 Å². The summed E-state index contributed by atoms with van der Waals surface area (Å²) in [5.41, 5.74) is 0. The van der Waals surface area contributed by atoms with Gasteiger partial charge in [-0.05, 0) is 0 Å². The van der Waals surface area contributed by atoms with Gasteiger partial charge >= 0.3 is 59.1 Å². The Morgan fingerprint density at radius 2 is 0.200 bits per heavy atom. The number of hydrogen-bond acceptors (Lipinski definition) is 0. The summed E-state index contributed by atoms with van der Waals surface area (Å²) in [4.78, 5) is 0. The predicted molar refractivity (Wildman–Crippen MR) is 72.3 cm³/mol. The van der Waals surface area contributed by atoms with Gasteiger partial charge in [0.05, 0.1) is 0 Å². The van der Waals surface area contributed by atoms with E-state index < -0.39 is 0 Å². The number of halogens is 8. The van der Waals surface area contributed by atoms with Crippen molar-refractivity contribution >= 4 is 158 Å². The topological polar surface area (TPSA) is 0 Å². The Labute approximate surface area is 155 Å². The Kier molecular flexibility index (Phi) is 1470. The molecule has 0 atom stereocenters. The molecule has 0 aliphatic carbocycles. The number of rotatable bonds is 0. The third kappa shape index (κ3) is 84.6. The molecule has 0 heterocycles. The van der Waals surface area contributed by atoms with E-state index in [1.807, 2.05) is 0 Å². The fraction of sp³-hybridized carbons (Fsp3) is 0. The standard InChI is InChI=1S/8ClH.2Na.2H/h8*1H;;;;. The van der Waals surface area contributed by atoms with E-state index in [4.69, 9.17) is 0 Å². The third-order valence-corrected chi connectivity index (χ3v) is 0. The van der Waals surface area contributed by atoms with Gasteiger partial charge in [0.25, 0.3) is 0 Å². The fourth-order valence-electron chi connectivity index (χ4n) is 0. The molecule has 0 rings (SSSR count). The van der Waals surface area contributed by atoms with Gasteiger partial charge in [-0.15, -0.1) is 99.3 Å². The van der Waals surface area contributed by atoms with Gasteiger partial charge < -0.3 is 0 Å². The molecule has 10 heavy (non-hydrogen) atoms. The Bertz CT molecular complexity index is 7.22. The maximum atomic E-state index is 0. The summed E-state index contributed by atoms with van der Waals surface area (Å²) in [6.45, 7) is 0. The quantitative estimate of drug-likeness (QED) is 0.593. The Hall–Kier alpha value is 4.32. The van der Waals surface area contributed by atoms with Crippen LogP contribution in [0.5, 0.6) is 0 Å². The first kappa shape index (κ1) is 136. The van der Waals surface area contributed by atoms with Gasteiger partial charge in [-0.2, -0.15) is 0 Å². The molecule has 68 valence electrons. The van der Waals surface area contributed by atoms with Crippen molar-refractivity contribution < 1.29 is 0 Å². The van der Waals surface area contributed by atoms with Crippen LogP contribution in [0, 0.1) is 0 Å². The number of hydrogen-bond donors (Lipinski definition) is 0. The Balaban J connectivity index is 0. The Morgan fingerprint density at radius 3 is 0.200 bits per heavy atom. The second-order valence-corrected chi connectivity index (χ2v) is 0. The van der Waals surface area contributed by atoms with E-state index in [0.29, 0.717) is 0 Å². The SMILES string of the molecule is Cl.Cl.Cl.Cl.Cl.Cl.Cl.Cl.[NaH].[NaH]. The molecule has 0 spiro atoms. The molecule has 0 aromatic rings. The molecule has 0 aliphatic heterocycles. The van der Waals surface area contributed by atoms with Gasteiger partial charge in [0.2, 0.25) is 0 Å². The van der Waals surface area contributed by atoms with Crippen LogP contribution in [0.2, 0.25) is 0 Å². The molecule has 0 bridgehead atoms. The summed E-state index contributed by atoms with van der Waals surface area (Å²) in [6, 6.07) is 0. The van der Waals surface area contributed by atoms with E-state index in [2.05, 4.69) is 0 Å². The third-order valence-electron chi connectivity index (χ3n) is 0. The zero-order valence-corrected chi connectivity index (χ0v) is 9.80. The van der Waals surface area contributed by atoms with E-state index in [1.165, 1.54) is 0 Å². The van der Waals surface area contributed by atoms with Gasteiger partial charge in [-0.25, -0.2) is 0 Å². The zero-order valence-electron chi connectivity index (χ0n) is 3.27. The van der Waals surface area contributed by atoms with Gasteiger partial charge in [-0.3, -0.25) is 0 Å². The second-order valence-electron chi connectivity index (χ2n) is 0. The van der Waals surface area contributed by atoms with Crippen LogP contribution in [0.1, 0.15) is 0 Å². The van der Waals surface area contributed by atoms with E-state index in [-0.39, 0.29) is 158 Å². The van der Waals surface area contributed by atoms with Gasteiger partial charge in [-0.1, -0.05) is 0 Å². The molecule has 0 saturated heterocycles. The van der Waals surface area contributed by atoms with Crippen molar-refractivity contribution in [3.05, 3.63) is 0 Å². The van der Waals surface area contributed by atoms with Gasteiger partial charge in [0, 0.05) is 0 Å². The first-order valence-electron chi connectivity index (χ1n) is 0. The van der Waals surface area contributed by atoms with Crippen LogP contribution in [0.3, 0.4) is 0 Å². The predicted octanol–water partition coefficient (Wildman–Crippen LogP) is 2.08. The second kappa shape index (κ2) is 108. The van der Waals surface area contributed by atoms with Crippen LogP contribution in [-0.2, 0) is 0 Å². The average molecular weight is 340 g/mol. The molecule has 0 nitrogen and oxygen atoms in total. The monoisotopic (exact) mass is 336 g/mol. The van der Waals surface area contributed by atoms with Crippen molar-refractivity contribution in [3.8, 4) is 0 Å². The molecule has 10 heteroatoms. The van der Waals surface area contributed by atoms with E-state index in [9.17, 15) is 0 Å². The molecule has 0 amide bonds. The molecule has 0 aromatic carbocycles. The molecular formula is H10Cl8Na2. The average Bonchev–Trinajstić information content (AvgIpc) is 0. The van der Waals surface area contributed by atoms with Crippen LogP contribution in [0.4, 0.5) is 0 Å². The summed E-state index contributed by atoms with van der Waals surface area (Å²) < 4.78 is 0. The summed E-state index contributed by atoms with van der Waals surface area (Å²) in [5, 5.41) is 0. The van der Waals surface area contributed by atoms with E-state index in [0.717, 1.165) is 0 Å². The minimum absolute atomic E-state index is 0. The molecule has 0 aromatic heterocycles. The van der Waals surface area contributed by atoms with Crippen molar-refractivity contribution in [3.63, 3.8) is 0 Å². The van der Waals surface area contributed by atoms with Crippen molar-refractivity contribution in [2.75, 3.05) is 0 Å². The van der Waals surface area contributed by atoms with E-state index in [1.54, 1.807) is 0 Å². The zero-order chi connectivity index (χ0) is 0. The Morgan fingerprint density at radius 1 is 0.200 bits per heavy atom. The maximum absolute atomic E-state index is 0. The minimum atomic E-state index is 0. The fourth-order valence-corrected chi connectivity index (χ4v) is 0. The summed E-state index contributed by atoms with van der Waals surface area (Å²) in [5.74, 6) is 0. The van der Waals surface area contributed by atoms with Gasteiger partial charge in [0.15, 0.2) is 0 Å².